The number of aromatic nitrogens is 2. The first-order chi connectivity index (χ1) is 13.7. The Bertz CT molecular complexity index is 1070. The minimum atomic E-state index is -4.58. The van der Waals surface area contributed by atoms with E-state index in [-0.39, 0.29) is 22.7 Å². The number of pyridine rings is 1. The lowest BCUT2D eigenvalue weighted by molar-refractivity contribution is -0.140. The number of carbonyl (C=O) groups is 1. The van der Waals surface area contributed by atoms with Crippen molar-refractivity contribution in [3.63, 3.8) is 0 Å². The molecule has 0 radical (unpaired) electrons. The van der Waals surface area contributed by atoms with Crippen LogP contribution in [-0.4, -0.2) is 29.7 Å². The molecule has 0 aliphatic heterocycles. The second kappa shape index (κ2) is 8.27. The number of benzene rings is 1. The molecule has 2 heterocycles. The van der Waals surface area contributed by atoms with E-state index in [0.717, 1.165) is 17.4 Å². The zero-order chi connectivity index (χ0) is 21.3. The van der Waals surface area contributed by atoms with E-state index in [0.29, 0.717) is 26.5 Å². The van der Waals surface area contributed by atoms with Crippen LogP contribution in [0.1, 0.15) is 39.7 Å². The molecule has 0 N–H and O–H groups in total. The molecule has 154 valence electrons. The van der Waals surface area contributed by atoms with E-state index >= 15 is 0 Å². The van der Waals surface area contributed by atoms with Crippen LogP contribution < -0.4 is 4.74 Å². The van der Waals surface area contributed by atoms with Crippen molar-refractivity contribution >= 4 is 44.1 Å². The summed E-state index contributed by atoms with van der Waals surface area (Å²) >= 11 is 4.54. The summed E-state index contributed by atoms with van der Waals surface area (Å²) in [7, 11) is 1.36. The number of hydrogen-bond acceptors (Lipinski definition) is 6. The molecule has 0 amide bonds. The third-order valence-corrected chi connectivity index (χ3v) is 5.57. The maximum atomic E-state index is 13.1. The molecule has 0 spiro atoms. The van der Waals surface area contributed by atoms with Crippen LogP contribution in [-0.2, 0) is 10.9 Å². The van der Waals surface area contributed by atoms with Crippen LogP contribution in [0, 0.1) is 0 Å². The predicted octanol–water partition coefficient (Wildman–Crippen LogP) is 6.02. The molecule has 1 unspecified atom stereocenters. The van der Waals surface area contributed by atoms with E-state index in [1.807, 2.05) is 6.92 Å². The van der Waals surface area contributed by atoms with Gasteiger partial charge in [0.2, 0.25) is 0 Å². The number of alkyl halides is 4. The van der Waals surface area contributed by atoms with Gasteiger partial charge in [0.1, 0.15) is 26.8 Å². The number of rotatable bonds is 5. The van der Waals surface area contributed by atoms with E-state index in [4.69, 9.17) is 9.47 Å². The topological polar surface area (TPSA) is 61.3 Å². The summed E-state index contributed by atoms with van der Waals surface area (Å²) in [5, 5.41) is 0.916. The van der Waals surface area contributed by atoms with Crippen molar-refractivity contribution in [1.29, 1.82) is 0 Å². The second-order valence-corrected chi connectivity index (χ2v) is 8.35. The molecule has 0 aliphatic rings. The summed E-state index contributed by atoms with van der Waals surface area (Å²) in [5.74, 6) is -0.279. The van der Waals surface area contributed by atoms with Crippen LogP contribution in [0.5, 0.6) is 5.75 Å². The molecule has 0 aliphatic carbocycles. The molecule has 29 heavy (non-hydrogen) atoms. The number of nitrogens with zero attached hydrogens (tertiary/aromatic N) is 2. The number of ether oxygens (including phenoxy) is 2. The fraction of sp³-hybridized carbons (Fsp3) is 0.316. The van der Waals surface area contributed by atoms with Crippen LogP contribution >= 0.6 is 27.3 Å². The molecule has 1 aromatic carbocycles. The summed E-state index contributed by atoms with van der Waals surface area (Å²) in [6, 6.07) is 5.48. The van der Waals surface area contributed by atoms with Crippen LogP contribution in [0.15, 0.2) is 24.3 Å². The van der Waals surface area contributed by atoms with E-state index in [2.05, 4.69) is 25.9 Å². The van der Waals surface area contributed by atoms with Crippen molar-refractivity contribution in [1.82, 2.24) is 9.97 Å². The smallest absolute Gasteiger partial charge is 0.433 e. The Morgan fingerprint density at radius 3 is 2.55 bits per heavy atom. The molecule has 1 atom stereocenters. The molecule has 5 nitrogen and oxygen atoms in total. The minimum Gasteiger partial charge on any atom is -0.494 e. The summed E-state index contributed by atoms with van der Waals surface area (Å²) < 4.78 is 49.6. The highest BCUT2D eigenvalue weighted by Crippen LogP contribution is 2.40. The van der Waals surface area contributed by atoms with Gasteiger partial charge in [-0.25, -0.2) is 14.8 Å². The van der Waals surface area contributed by atoms with Crippen LogP contribution in [0.25, 0.3) is 21.5 Å². The van der Waals surface area contributed by atoms with Gasteiger partial charge in [0.15, 0.2) is 0 Å². The maximum absolute atomic E-state index is 13.1. The third kappa shape index (κ3) is 4.23. The van der Waals surface area contributed by atoms with Crippen molar-refractivity contribution in [3.8, 4) is 16.3 Å². The van der Waals surface area contributed by atoms with Crippen molar-refractivity contribution in [3.05, 3.63) is 40.5 Å². The van der Waals surface area contributed by atoms with E-state index in [1.54, 1.807) is 13.0 Å². The van der Waals surface area contributed by atoms with Crippen molar-refractivity contribution in [2.24, 2.45) is 0 Å². The molecule has 3 aromatic rings. The first kappa shape index (κ1) is 21.5. The summed E-state index contributed by atoms with van der Waals surface area (Å²) in [6.07, 6.45) is -4.58. The molecule has 0 fully saturated rings. The molecule has 0 bridgehead atoms. The van der Waals surface area contributed by atoms with Gasteiger partial charge in [-0.15, -0.1) is 11.3 Å². The fourth-order valence-electron chi connectivity index (χ4n) is 2.76. The summed E-state index contributed by atoms with van der Waals surface area (Å²) in [5.41, 5.74) is 0.118. The molecule has 3 rings (SSSR count). The number of carbonyl (C=O) groups excluding carboxylic acids is 1. The van der Waals surface area contributed by atoms with Crippen LogP contribution in [0.2, 0.25) is 0 Å². The number of hydrogen-bond donors (Lipinski definition) is 0. The van der Waals surface area contributed by atoms with Crippen LogP contribution in [0.3, 0.4) is 0 Å². The first-order valence-corrected chi connectivity index (χ1v) is 10.3. The standard InChI is InChI=1S/C19H16BrF3N2O3S/c1-4-28-18(26)16-14(9(2)20)25-17(29-16)11-5-7-12(27-3)15-10(11)6-8-13(24-15)19(21,22)23/h5-9H,4H2,1-3H3. The van der Waals surface area contributed by atoms with Gasteiger partial charge in [-0.2, -0.15) is 13.2 Å². The van der Waals surface area contributed by atoms with Crippen molar-refractivity contribution in [2.75, 3.05) is 13.7 Å². The lowest BCUT2D eigenvalue weighted by atomic mass is 10.1. The SMILES string of the molecule is CCOC(=O)c1sc(-c2ccc(OC)c3nc(C(F)(F)F)ccc23)nc1C(C)Br. The van der Waals surface area contributed by atoms with Gasteiger partial charge in [0, 0.05) is 10.9 Å². The first-order valence-electron chi connectivity index (χ1n) is 8.54. The van der Waals surface area contributed by atoms with Gasteiger partial charge in [-0.3, -0.25) is 0 Å². The normalized spacial score (nSPS) is 12.8. The van der Waals surface area contributed by atoms with Crippen molar-refractivity contribution < 1.29 is 27.4 Å². The van der Waals surface area contributed by atoms with Gasteiger partial charge in [-0.1, -0.05) is 15.9 Å². The van der Waals surface area contributed by atoms with E-state index < -0.39 is 17.8 Å². The van der Waals surface area contributed by atoms with Crippen LogP contribution in [0.4, 0.5) is 13.2 Å². The highest BCUT2D eigenvalue weighted by molar-refractivity contribution is 9.09. The third-order valence-electron chi connectivity index (χ3n) is 4.05. The van der Waals surface area contributed by atoms with Gasteiger partial charge < -0.3 is 9.47 Å². The van der Waals surface area contributed by atoms with Gasteiger partial charge in [0.25, 0.3) is 0 Å². The zero-order valence-corrected chi connectivity index (χ0v) is 18.0. The number of halogens is 4. The van der Waals surface area contributed by atoms with E-state index in [1.165, 1.54) is 19.2 Å². The lowest BCUT2D eigenvalue weighted by Crippen LogP contribution is -2.08. The summed E-state index contributed by atoms with van der Waals surface area (Å²) in [4.78, 5) is 20.7. The van der Waals surface area contributed by atoms with Gasteiger partial charge in [-0.05, 0) is 38.1 Å². The lowest BCUT2D eigenvalue weighted by Gasteiger charge is -2.11. The average molecular weight is 489 g/mol. The fourth-order valence-corrected chi connectivity index (χ4v) is 4.34. The number of methoxy groups -OCH3 is 1. The zero-order valence-electron chi connectivity index (χ0n) is 15.6. The monoisotopic (exact) mass is 488 g/mol. The molecule has 10 heteroatoms. The number of fused-ring (bicyclic) bond motifs is 1. The molecule has 0 saturated heterocycles. The number of thiazole rings is 1. The second-order valence-electron chi connectivity index (χ2n) is 5.98. The Hall–Kier alpha value is -2.20. The van der Waals surface area contributed by atoms with Gasteiger partial charge >= 0.3 is 12.1 Å². The Morgan fingerprint density at radius 1 is 1.24 bits per heavy atom. The minimum absolute atomic E-state index is 0.0705. The quantitative estimate of drug-likeness (QED) is 0.324. The average Bonchev–Trinajstić information content (AvgIpc) is 3.11. The van der Waals surface area contributed by atoms with Gasteiger partial charge in [0.05, 0.1) is 24.2 Å². The largest absolute Gasteiger partial charge is 0.494 e. The Labute approximate surface area is 177 Å². The Kier molecular flexibility index (Phi) is 6.13. The molecule has 0 saturated carbocycles. The highest BCUT2D eigenvalue weighted by Gasteiger charge is 2.33. The predicted molar refractivity (Wildman–Crippen MR) is 108 cm³/mol. The maximum Gasteiger partial charge on any atom is 0.433 e. The molecular formula is C19H16BrF3N2O3S. The molecule has 2 aromatic heterocycles. The Morgan fingerprint density at radius 2 is 1.97 bits per heavy atom. The highest BCUT2D eigenvalue weighted by atomic mass is 79.9. The Balaban J connectivity index is 2.23. The summed E-state index contributed by atoms with van der Waals surface area (Å²) in [6.45, 7) is 3.75. The van der Waals surface area contributed by atoms with E-state index in [9.17, 15) is 18.0 Å². The number of esters is 1. The van der Waals surface area contributed by atoms with Crippen molar-refractivity contribution in [2.45, 2.75) is 24.9 Å². The molecular weight excluding hydrogens is 473 g/mol.